The number of aryl methyl sites for hydroxylation is 2. The van der Waals surface area contributed by atoms with Crippen LogP contribution < -0.4 is 4.74 Å². The molecule has 25 heavy (non-hydrogen) atoms. The lowest BCUT2D eigenvalue weighted by atomic mass is 9.92. The summed E-state index contributed by atoms with van der Waals surface area (Å²) in [7, 11) is -3.32. The first-order chi connectivity index (χ1) is 11.9. The third kappa shape index (κ3) is 2.89. The van der Waals surface area contributed by atoms with Crippen molar-refractivity contribution < 1.29 is 18.0 Å². The zero-order valence-corrected chi connectivity index (χ0v) is 14.8. The summed E-state index contributed by atoms with van der Waals surface area (Å²) in [5, 5.41) is 4.12. The number of oxime groups is 1. The Balaban J connectivity index is 1.51. The van der Waals surface area contributed by atoms with E-state index in [0.717, 1.165) is 19.1 Å². The fraction of sp³-hybridized carbons (Fsp3) is 0.333. The van der Waals surface area contributed by atoms with E-state index in [1.165, 1.54) is 29.0 Å². The summed E-state index contributed by atoms with van der Waals surface area (Å²) in [6, 6.07) is 9.38. The minimum Gasteiger partial charge on any atom is -0.438 e. The van der Waals surface area contributed by atoms with E-state index in [1.54, 1.807) is 6.07 Å². The van der Waals surface area contributed by atoms with Gasteiger partial charge in [-0.1, -0.05) is 28.9 Å². The molecular weight excluding hydrogens is 340 g/mol. The summed E-state index contributed by atoms with van der Waals surface area (Å²) >= 11 is 0. The molecule has 1 atom stereocenters. The van der Waals surface area contributed by atoms with E-state index < -0.39 is 15.4 Å². The van der Waals surface area contributed by atoms with E-state index in [-0.39, 0.29) is 5.03 Å². The van der Waals surface area contributed by atoms with Crippen molar-refractivity contribution in [3.05, 3.63) is 53.2 Å². The van der Waals surface area contributed by atoms with Gasteiger partial charge in [-0.2, -0.15) is 0 Å². The molecule has 0 N–H and O–H groups in total. The second kappa shape index (κ2) is 5.56. The molecule has 1 aromatic heterocycles. The molecular formula is C18H18N2O4S. The quantitative estimate of drug-likeness (QED) is 0.825. The summed E-state index contributed by atoms with van der Waals surface area (Å²) in [5.74, 6) is 0.913. The average molecular weight is 358 g/mol. The van der Waals surface area contributed by atoms with Crippen molar-refractivity contribution in [3.8, 4) is 5.75 Å². The molecule has 1 aromatic carbocycles. The second-order valence-corrected chi connectivity index (χ2v) is 8.58. The first-order valence-electron chi connectivity index (χ1n) is 8.05. The molecule has 2 heterocycles. The molecule has 0 radical (unpaired) electrons. The number of aromatic nitrogens is 1. The minimum absolute atomic E-state index is 0.0148. The Morgan fingerprint density at radius 1 is 1.24 bits per heavy atom. The van der Waals surface area contributed by atoms with Crippen LogP contribution in [0.3, 0.4) is 0 Å². The highest BCUT2D eigenvalue weighted by atomic mass is 32.2. The fourth-order valence-electron chi connectivity index (χ4n) is 3.41. The SMILES string of the molecule is Cc1ccc2c(c1)CC[C@]21CC(Oc2ccc(S(C)(=O)=O)nc2)=NO1. The molecule has 6 nitrogen and oxygen atoms in total. The van der Waals surface area contributed by atoms with Crippen LogP contribution in [0.15, 0.2) is 46.7 Å². The van der Waals surface area contributed by atoms with Crippen LogP contribution in [-0.4, -0.2) is 25.6 Å². The van der Waals surface area contributed by atoms with Crippen LogP contribution in [0.1, 0.15) is 29.5 Å². The molecule has 0 amide bonds. The van der Waals surface area contributed by atoms with Crippen molar-refractivity contribution >= 4 is 15.7 Å². The van der Waals surface area contributed by atoms with Crippen molar-refractivity contribution in [2.45, 2.75) is 36.8 Å². The van der Waals surface area contributed by atoms with Crippen LogP contribution in [0.5, 0.6) is 5.75 Å². The molecule has 1 spiro atoms. The van der Waals surface area contributed by atoms with Gasteiger partial charge in [0.05, 0.1) is 12.6 Å². The van der Waals surface area contributed by atoms with Crippen LogP contribution in [-0.2, 0) is 26.7 Å². The summed E-state index contributed by atoms with van der Waals surface area (Å²) < 4.78 is 28.6. The Morgan fingerprint density at radius 3 is 2.80 bits per heavy atom. The lowest BCUT2D eigenvalue weighted by Crippen LogP contribution is -2.24. The standard InChI is InChI=1S/C18H18N2O4S/c1-12-3-5-15-13(9-12)7-8-18(15)10-16(20-24-18)23-14-4-6-17(19-11-14)25(2,21)22/h3-6,9,11H,7-8,10H2,1-2H3/t18-/m0/s1. The smallest absolute Gasteiger partial charge is 0.235 e. The van der Waals surface area contributed by atoms with Crippen LogP contribution >= 0.6 is 0 Å². The summed E-state index contributed by atoms with van der Waals surface area (Å²) in [6.45, 7) is 2.08. The van der Waals surface area contributed by atoms with Gasteiger partial charge in [-0.25, -0.2) is 13.4 Å². The molecule has 7 heteroatoms. The maximum atomic E-state index is 11.5. The van der Waals surface area contributed by atoms with Crippen molar-refractivity contribution in [1.82, 2.24) is 4.98 Å². The Kier molecular flexibility index (Phi) is 3.57. The number of hydrogen-bond acceptors (Lipinski definition) is 6. The summed E-state index contributed by atoms with van der Waals surface area (Å²) in [6.07, 6.45) is 4.89. The third-order valence-corrected chi connectivity index (χ3v) is 5.63. The molecule has 0 saturated carbocycles. The number of benzene rings is 1. The van der Waals surface area contributed by atoms with Gasteiger partial charge in [0, 0.05) is 11.8 Å². The molecule has 0 fully saturated rings. The second-order valence-electron chi connectivity index (χ2n) is 6.61. The molecule has 2 aromatic rings. The van der Waals surface area contributed by atoms with Crippen LogP contribution in [0.2, 0.25) is 0 Å². The maximum Gasteiger partial charge on any atom is 0.235 e. The predicted molar refractivity (Wildman–Crippen MR) is 92.3 cm³/mol. The number of sulfone groups is 1. The predicted octanol–water partition coefficient (Wildman–Crippen LogP) is 2.75. The number of nitrogens with zero attached hydrogens (tertiary/aromatic N) is 2. The fourth-order valence-corrected chi connectivity index (χ4v) is 3.97. The van der Waals surface area contributed by atoms with E-state index in [1.807, 2.05) is 0 Å². The van der Waals surface area contributed by atoms with Gasteiger partial charge in [0.2, 0.25) is 5.90 Å². The van der Waals surface area contributed by atoms with Crippen molar-refractivity contribution in [2.75, 3.05) is 6.26 Å². The van der Waals surface area contributed by atoms with E-state index in [0.29, 0.717) is 18.1 Å². The number of pyridine rings is 1. The Bertz CT molecular complexity index is 967. The van der Waals surface area contributed by atoms with Crippen molar-refractivity contribution in [2.24, 2.45) is 5.16 Å². The summed E-state index contributed by atoms with van der Waals surface area (Å²) in [4.78, 5) is 9.70. The lowest BCUT2D eigenvalue weighted by Gasteiger charge is -2.21. The zero-order chi connectivity index (χ0) is 17.7. The number of fused-ring (bicyclic) bond motifs is 2. The summed E-state index contributed by atoms with van der Waals surface area (Å²) in [5.41, 5.74) is 3.27. The van der Waals surface area contributed by atoms with Crippen LogP contribution in [0.25, 0.3) is 0 Å². The van der Waals surface area contributed by atoms with Gasteiger partial charge < -0.3 is 9.57 Å². The molecule has 0 saturated heterocycles. The third-order valence-electron chi connectivity index (χ3n) is 4.63. The van der Waals surface area contributed by atoms with Crippen molar-refractivity contribution in [1.29, 1.82) is 0 Å². The monoisotopic (exact) mass is 358 g/mol. The largest absolute Gasteiger partial charge is 0.438 e. The molecule has 130 valence electrons. The Morgan fingerprint density at radius 2 is 2.08 bits per heavy atom. The zero-order valence-electron chi connectivity index (χ0n) is 14.0. The molecule has 1 aliphatic heterocycles. The van der Waals surface area contributed by atoms with Crippen LogP contribution in [0.4, 0.5) is 0 Å². The van der Waals surface area contributed by atoms with E-state index in [2.05, 4.69) is 35.3 Å². The van der Waals surface area contributed by atoms with Gasteiger partial charge in [0.25, 0.3) is 0 Å². The maximum absolute atomic E-state index is 11.5. The molecule has 0 bridgehead atoms. The van der Waals surface area contributed by atoms with Gasteiger partial charge in [-0.15, -0.1) is 0 Å². The van der Waals surface area contributed by atoms with Gasteiger partial charge in [-0.05, 0) is 37.5 Å². The highest BCUT2D eigenvalue weighted by Crippen LogP contribution is 2.46. The van der Waals surface area contributed by atoms with Gasteiger partial charge in [0.1, 0.15) is 5.75 Å². The molecule has 2 aliphatic rings. The molecule has 1 aliphatic carbocycles. The number of rotatable bonds is 2. The Labute approximate surface area is 146 Å². The highest BCUT2D eigenvalue weighted by Gasteiger charge is 2.46. The normalized spacial score (nSPS) is 21.8. The number of ether oxygens (including phenoxy) is 1. The average Bonchev–Trinajstić information content (AvgIpc) is 3.12. The molecule has 0 unspecified atom stereocenters. The topological polar surface area (TPSA) is 77.9 Å². The van der Waals surface area contributed by atoms with E-state index >= 15 is 0 Å². The van der Waals surface area contributed by atoms with Gasteiger partial charge in [0.15, 0.2) is 20.5 Å². The first-order valence-corrected chi connectivity index (χ1v) is 9.94. The first kappa shape index (κ1) is 16.1. The van der Waals surface area contributed by atoms with Gasteiger partial charge in [-0.3, -0.25) is 0 Å². The Hall–Kier alpha value is -2.41. The lowest BCUT2D eigenvalue weighted by molar-refractivity contribution is -0.0215. The number of hydrogen-bond donors (Lipinski definition) is 0. The minimum atomic E-state index is -3.32. The molecule has 4 rings (SSSR count). The van der Waals surface area contributed by atoms with E-state index in [9.17, 15) is 8.42 Å². The van der Waals surface area contributed by atoms with Crippen molar-refractivity contribution in [3.63, 3.8) is 0 Å². The highest BCUT2D eigenvalue weighted by molar-refractivity contribution is 7.90. The van der Waals surface area contributed by atoms with Crippen LogP contribution in [0, 0.1) is 6.92 Å². The van der Waals surface area contributed by atoms with Gasteiger partial charge >= 0.3 is 0 Å². The van der Waals surface area contributed by atoms with E-state index in [4.69, 9.17) is 9.57 Å².